The van der Waals surface area contributed by atoms with Gasteiger partial charge in [-0.3, -0.25) is 20.2 Å². The maximum atomic E-state index is 11.3. The molecule has 0 saturated carbocycles. The minimum Gasteiger partial charge on any atom is -0.353 e. The smallest absolute Gasteiger partial charge is 0.299 e. The number of hydrogen-bond acceptors (Lipinski definition) is 5. The number of hydrogen-bond donors (Lipinski definition) is 0. The minimum absolute atomic E-state index is 0.0650. The predicted molar refractivity (Wildman–Crippen MR) is 81.7 cm³/mol. The molecule has 1 rings (SSSR count). The molecule has 0 aliphatic rings. The first kappa shape index (κ1) is 16.9. The third kappa shape index (κ3) is 3.48. The van der Waals surface area contributed by atoms with Gasteiger partial charge in [0, 0.05) is 23.7 Å². The highest BCUT2D eigenvalue weighted by atomic mass is 16.6. The van der Waals surface area contributed by atoms with E-state index in [1.807, 2.05) is 34.6 Å². The van der Waals surface area contributed by atoms with Gasteiger partial charge in [-0.25, -0.2) is 0 Å². The van der Waals surface area contributed by atoms with Crippen molar-refractivity contribution < 1.29 is 9.85 Å². The Bertz CT molecular complexity index is 519. The molecule has 0 aliphatic heterocycles. The summed E-state index contributed by atoms with van der Waals surface area (Å²) in [5.74, 6) is 0. The number of nitro groups is 2. The molecule has 0 unspecified atom stereocenters. The number of nitrogens with zero attached hydrogens (tertiary/aromatic N) is 3. The number of para-hydroxylation sites is 1. The molecular weight excluding hydrogens is 274 g/mol. The first-order chi connectivity index (χ1) is 9.61. The SMILES string of the molecule is CC[C@@H](C)N(c1c([N+](=O)[O-])cccc1[N+](=O)[O-])C(C)(C)C. The van der Waals surface area contributed by atoms with E-state index in [0.717, 1.165) is 6.42 Å². The zero-order valence-electron chi connectivity index (χ0n) is 13.0. The van der Waals surface area contributed by atoms with Gasteiger partial charge in [0.25, 0.3) is 11.4 Å². The van der Waals surface area contributed by atoms with Crippen LogP contribution in [0.4, 0.5) is 17.1 Å². The summed E-state index contributed by atoms with van der Waals surface area (Å²) >= 11 is 0. The Morgan fingerprint density at radius 1 is 1.14 bits per heavy atom. The molecule has 0 amide bonds. The molecular formula is C14H21N3O4. The van der Waals surface area contributed by atoms with Gasteiger partial charge >= 0.3 is 0 Å². The van der Waals surface area contributed by atoms with Crippen molar-refractivity contribution in [2.24, 2.45) is 0 Å². The van der Waals surface area contributed by atoms with Gasteiger partial charge in [-0.05, 0) is 40.2 Å². The van der Waals surface area contributed by atoms with E-state index in [2.05, 4.69) is 0 Å². The van der Waals surface area contributed by atoms with Crippen molar-refractivity contribution in [3.63, 3.8) is 0 Å². The normalized spacial score (nSPS) is 12.8. The Labute approximate surface area is 123 Å². The van der Waals surface area contributed by atoms with Crippen LogP contribution in [0.1, 0.15) is 41.0 Å². The van der Waals surface area contributed by atoms with Crippen LogP contribution in [-0.2, 0) is 0 Å². The summed E-state index contributed by atoms with van der Waals surface area (Å²) in [4.78, 5) is 23.2. The van der Waals surface area contributed by atoms with Gasteiger partial charge in [-0.15, -0.1) is 0 Å². The standard InChI is InChI=1S/C14H21N3O4/c1-6-10(2)15(14(3,4)5)13-11(16(18)19)8-7-9-12(13)17(20)21/h7-10H,6H2,1-5H3/t10-/m1/s1. The summed E-state index contributed by atoms with van der Waals surface area (Å²) in [6, 6.07) is 3.90. The first-order valence-corrected chi connectivity index (χ1v) is 6.82. The highest BCUT2D eigenvalue weighted by Crippen LogP contribution is 2.41. The van der Waals surface area contributed by atoms with Crippen LogP contribution in [0.15, 0.2) is 18.2 Å². The predicted octanol–water partition coefficient (Wildman–Crippen LogP) is 3.91. The van der Waals surface area contributed by atoms with E-state index in [0.29, 0.717) is 0 Å². The third-order valence-corrected chi connectivity index (χ3v) is 3.38. The highest BCUT2D eigenvalue weighted by Gasteiger charge is 2.37. The van der Waals surface area contributed by atoms with Gasteiger partial charge in [0.15, 0.2) is 5.69 Å². The molecule has 0 saturated heterocycles. The fraction of sp³-hybridized carbons (Fsp3) is 0.571. The topological polar surface area (TPSA) is 89.5 Å². The molecule has 0 aromatic heterocycles. The van der Waals surface area contributed by atoms with Gasteiger partial charge in [-0.2, -0.15) is 0 Å². The lowest BCUT2D eigenvalue weighted by atomic mass is 9.99. The lowest BCUT2D eigenvalue weighted by molar-refractivity contribution is -0.392. The maximum absolute atomic E-state index is 11.3. The molecule has 7 heteroatoms. The van der Waals surface area contributed by atoms with Crippen molar-refractivity contribution in [3.05, 3.63) is 38.4 Å². The average molecular weight is 295 g/mol. The second-order valence-corrected chi connectivity index (χ2v) is 5.96. The quantitative estimate of drug-likeness (QED) is 0.607. The maximum Gasteiger partial charge on any atom is 0.299 e. The largest absolute Gasteiger partial charge is 0.353 e. The van der Waals surface area contributed by atoms with Crippen LogP contribution in [0.3, 0.4) is 0 Å². The van der Waals surface area contributed by atoms with E-state index in [-0.39, 0.29) is 23.1 Å². The van der Waals surface area contributed by atoms with Crippen molar-refractivity contribution in [3.8, 4) is 0 Å². The van der Waals surface area contributed by atoms with Crippen molar-refractivity contribution >= 4 is 17.1 Å². The number of rotatable bonds is 5. The van der Waals surface area contributed by atoms with Gasteiger partial charge in [0.2, 0.25) is 0 Å². The van der Waals surface area contributed by atoms with E-state index >= 15 is 0 Å². The van der Waals surface area contributed by atoms with Crippen LogP contribution in [-0.4, -0.2) is 21.4 Å². The average Bonchev–Trinajstić information content (AvgIpc) is 2.36. The molecule has 0 bridgehead atoms. The minimum atomic E-state index is -0.566. The summed E-state index contributed by atoms with van der Waals surface area (Å²) in [6.45, 7) is 9.52. The lowest BCUT2D eigenvalue weighted by Gasteiger charge is -2.41. The second kappa shape index (κ2) is 6.07. The molecule has 0 radical (unpaired) electrons. The Morgan fingerprint density at radius 2 is 1.57 bits per heavy atom. The fourth-order valence-electron chi connectivity index (χ4n) is 2.46. The summed E-state index contributed by atoms with van der Waals surface area (Å²) in [5, 5.41) is 22.6. The molecule has 0 heterocycles. The first-order valence-electron chi connectivity index (χ1n) is 6.82. The van der Waals surface area contributed by atoms with E-state index in [9.17, 15) is 20.2 Å². The summed E-state index contributed by atoms with van der Waals surface area (Å²) in [7, 11) is 0. The molecule has 0 fully saturated rings. The van der Waals surface area contributed by atoms with E-state index in [1.165, 1.54) is 18.2 Å². The van der Waals surface area contributed by atoms with Crippen molar-refractivity contribution in [2.45, 2.75) is 52.6 Å². The number of anilines is 1. The number of nitro benzene ring substituents is 2. The zero-order valence-corrected chi connectivity index (χ0v) is 13.0. The fourth-order valence-corrected chi connectivity index (χ4v) is 2.46. The summed E-state index contributed by atoms with van der Waals surface area (Å²) in [6.07, 6.45) is 0.723. The van der Waals surface area contributed by atoms with Crippen LogP contribution in [0, 0.1) is 20.2 Å². The molecule has 0 aliphatic carbocycles. The third-order valence-electron chi connectivity index (χ3n) is 3.38. The molecule has 0 spiro atoms. The van der Waals surface area contributed by atoms with Gasteiger partial charge < -0.3 is 4.90 Å². The van der Waals surface area contributed by atoms with E-state index in [4.69, 9.17) is 0 Å². The van der Waals surface area contributed by atoms with Crippen molar-refractivity contribution in [1.82, 2.24) is 0 Å². The summed E-state index contributed by atoms with van der Waals surface area (Å²) in [5.41, 5.74) is -0.875. The van der Waals surface area contributed by atoms with E-state index < -0.39 is 15.4 Å². The van der Waals surface area contributed by atoms with Crippen LogP contribution < -0.4 is 4.90 Å². The lowest BCUT2D eigenvalue weighted by Crippen LogP contribution is -2.47. The highest BCUT2D eigenvalue weighted by molar-refractivity contribution is 5.76. The van der Waals surface area contributed by atoms with E-state index in [1.54, 1.807) is 4.90 Å². The van der Waals surface area contributed by atoms with Crippen molar-refractivity contribution in [2.75, 3.05) is 4.90 Å². The monoisotopic (exact) mass is 295 g/mol. The molecule has 0 N–H and O–H groups in total. The van der Waals surface area contributed by atoms with Gasteiger partial charge in [-0.1, -0.05) is 6.92 Å². The van der Waals surface area contributed by atoms with Gasteiger partial charge in [0.1, 0.15) is 0 Å². The Morgan fingerprint density at radius 3 is 1.86 bits per heavy atom. The molecule has 1 aromatic rings. The van der Waals surface area contributed by atoms with Crippen molar-refractivity contribution in [1.29, 1.82) is 0 Å². The van der Waals surface area contributed by atoms with Crippen LogP contribution in [0.25, 0.3) is 0 Å². The Hall–Kier alpha value is -2.18. The Balaban J connectivity index is 3.70. The van der Waals surface area contributed by atoms with Crippen LogP contribution >= 0.6 is 0 Å². The Kier molecular flexibility index (Phi) is 4.88. The molecule has 1 atom stereocenters. The van der Waals surface area contributed by atoms with Crippen LogP contribution in [0.2, 0.25) is 0 Å². The zero-order chi connectivity index (χ0) is 16.4. The van der Waals surface area contributed by atoms with Gasteiger partial charge in [0.05, 0.1) is 9.85 Å². The molecule has 1 aromatic carbocycles. The second-order valence-electron chi connectivity index (χ2n) is 5.96. The number of benzene rings is 1. The molecule has 21 heavy (non-hydrogen) atoms. The molecule has 7 nitrogen and oxygen atoms in total. The summed E-state index contributed by atoms with van der Waals surface area (Å²) < 4.78 is 0. The van der Waals surface area contributed by atoms with Crippen LogP contribution in [0.5, 0.6) is 0 Å². The molecule has 116 valence electrons.